The van der Waals surface area contributed by atoms with E-state index < -0.39 is 4.92 Å². The first-order chi connectivity index (χ1) is 13.1. The van der Waals surface area contributed by atoms with Crippen LogP contribution in [0.4, 0.5) is 11.4 Å². The molecule has 7 nitrogen and oxygen atoms in total. The fraction of sp³-hybridized carbons (Fsp3) is 0.278. The van der Waals surface area contributed by atoms with Crippen LogP contribution in [0.1, 0.15) is 10.1 Å². The number of hydrogen-bond acceptors (Lipinski definition) is 7. The van der Waals surface area contributed by atoms with Gasteiger partial charge in [0.15, 0.2) is 6.61 Å². The van der Waals surface area contributed by atoms with E-state index in [-0.39, 0.29) is 24.0 Å². The number of amides is 1. The molecule has 2 aromatic carbocycles. The van der Waals surface area contributed by atoms with Crippen LogP contribution in [0.25, 0.3) is 0 Å². The van der Waals surface area contributed by atoms with E-state index in [1.807, 2.05) is 47.8 Å². The number of nitrogens with zero attached hydrogens (tertiary/aromatic N) is 1. The molecule has 0 saturated carbocycles. The molecule has 0 radical (unpaired) electrons. The molecular formula is C18H18N2O5S2. The molecule has 0 aliphatic carbocycles. The van der Waals surface area contributed by atoms with Gasteiger partial charge in [0.05, 0.1) is 28.4 Å². The van der Waals surface area contributed by atoms with Crippen LogP contribution in [0.15, 0.2) is 42.5 Å². The highest BCUT2D eigenvalue weighted by molar-refractivity contribution is 8.19. The molecule has 142 valence electrons. The van der Waals surface area contributed by atoms with E-state index in [0.717, 1.165) is 0 Å². The lowest BCUT2D eigenvalue weighted by Gasteiger charge is -2.12. The Morgan fingerprint density at radius 3 is 2.56 bits per heavy atom. The lowest BCUT2D eigenvalue weighted by Crippen LogP contribution is -2.20. The fourth-order valence-electron chi connectivity index (χ4n) is 2.50. The van der Waals surface area contributed by atoms with Crippen molar-refractivity contribution in [1.29, 1.82) is 0 Å². The number of nitro benzene ring substituents is 1. The highest BCUT2D eigenvalue weighted by Gasteiger charge is 2.18. The number of anilines is 1. The van der Waals surface area contributed by atoms with Gasteiger partial charge in [-0.05, 0) is 23.8 Å². The molecule has 0 spiro atoms. The van der Waals surface area contributed by atoms with Crippen molar-refractivity contribution in [2.75, 3.05) is 30.5 Å². The third-order valence-corrected chi connectivity index (χ3v) is 6.92. The Morgan fingerprint density at radius 1 is 1.22 bits per heavy atom. The fourth-order valence-corrected chi connectivity index (χ4v) is 5.36. The van der Waals surface area contributed by atoms with Gasteiger partial charge in [-0.2, -0.15) is 0 Å². The summed E-state index contributed by atoms with van der Waals surface area (Å²) < 4.78 is 11.1. The predicted molar refractivity (Wildman–Crippen MR) is 108 cm³/mol. The molecule has 0 aromatic heterocycles. The highest BCUT2D eigenvalue weighted by atomic mass is 32.2. The van der Waals surface area contributed by atoms with Crippen LogP contribution in [0.5, 0.6) is 11.5 Å². The topological polar surface area (TPSA) is 90.7 Å². The zero-order valence-corrected chi connectivity index (χ0v) is 16.2. The maximum Gasteiger partial charge on any atom is 0.273 e. The molecule has 1 amide bonds. The lowest BCUT2D eigenvalue weighted by atomic mass is 10.2. The summed E-state index contributed by atoms with van der Waals surface area (Å²) in [7, 11) is 1.38. The monoisotopic (exact) mass is 406 g/mol. The van der Waals surface area contributed by atoms with Gasteiger partial charge >= 0.3 is 0 Å². The molecule has 1 aliphatic heterocycles. The second-order valence-electron chi connectivity index (χ2n) is 5.62. The lowest BCUT2D eigenvalue weighted by molar-refractivity contribution is -0.384. The number of non-ortho nitro benzene ring substituents is 1. The Hall–Kier alpha value is -2.39. The van der Waals surface area contributed by atoms with E-state index in [4.69, 9.17) is 9.47 Å². The number of benzene rings is 2. The minimum Gasteiger partial charge on any atom is -0.494 e. The summed E-state index contributed by atoms with van der Waals surface area (Å²) in [4.78, 5) is 22.4. The summed E-state index contributed by atoms with van der Waals surface area (Å²) in [5, 5.41) is 13.4. The van der Waals surface area contributed by atoms with Gasteiger partial charge in [-0.15, -0.1) is 23.5 Å². The second kappa shape index (κ2) is 9.01. The van der Waals surface area contributed by atoms with Crippen LogP contribution >= 0.6 is 23.5 Å². The number of methoxy groups -OCH3 is 1. The molecule has 27 heavy (non-hydrogen) atoms. The van der Waals surface area contributed by atoms with Crippen molar-refractivity contribution in [3.63, 3.8) is 0 Å². The number of nitrogens with one attached hydrogen (secondary N) is 1. The van der Waals surface area contributed by atoms with Gasteiger partial charge in [0.2, 0.25) is 0 Å². The van der Waals surface area contributed by atoms with Crippen molar-refractivity contribution in [3.8, 4) is 11.5 Å². The van der Waals surface area contributed by atoms with Crippen molar-refractivity contribution < 1.29 is 19.2 Å². The van der Waals surface area contributed by atoms with Crippen molar-refractivity contribution in [1.82, 2.24) is 0 Å². The minimum absolute atomic E-state index is 0.111. The van der Waals surface area contributed by atoms with Crippen molar-refractivity contribution >= 4 is 40.8 Å². The average Bonchev–Trinajstić information content (AvgIpc) is 3.21. The van der Waals surface area contributed by atoms with E-state index >= 15 is 0 Å². The Bertz CT molecular complexity index is 823. The van der Waals surface area contributed by atoms with E-state index in [1.54, 1.807) is 0 Å². The van der Waals surface area contributed by atoms with Crippen LogP contribution in [0, 0.1) is 10.1 Å². The first kappa shape index (κ1) is 19.4. The maximum absolute atomic E-state index is 12.1. The summed E-state index contributed by atoms with van der Waals surface area (Å²) in [5.41, 5.74) is 1.48. The third-order valence-electron chi connectivity index (χ3n) is 3.81. The zero-order chi connectivity index (χ0) is 19.2. The number of nitro groups is 1. The second-order valence-corrected chi connectivity index (χ2v) is 8.35. The van der Waals surface area contributed by atoms with Crippen molar-refractivity contribution in [2.24, 2.45) is 0 Å². The summed E-state index contributed by atoms with van der Waals surface area (Å²) in [6.07, 6.45) is 0. The van der Waals surface area contributed by atoms with Gasteiger partial charge in [-0.1, -0.05) is 12.1 Å². The molecule has 1 N–H and O–H groups in total. The standard InChI is InChI=1S/C18H18N2O5S2/c1-24-16-10-13(20(22)23)4-7-15(16)19-17(21)11-25-14-5-2-12(3-6-14)18-26-8-9-27-18/h2-7,10,18H,8-9,11H2,1H3,(H,19,21). The molecule has 1 aliphatic rings. The molecule has 0 atom stereocenters. The van der Waals surface area contributed by atoms with Crippen LogP contribution in [-0.2, 0) is 4.79 Å². The SMILES string of the molecule is COc1cc([N+](=O)[O-])ccc1NC(=O)COc1ccc(C2SCCS2)cc1. The summed E-state index contributed by atoms with van der Waals surface area (Å²) >= 11 is 3.86. The number of ether oxygens (including phenoxy) is 2. The number of rotatable bonds is 7. The predicted octanol–water partition coefficient (Wildman–Crippen LogP) is 4.10. The Morgan fingerprint density at radius 2 is 1.93 bits per heavy atom. The smallest absolute Gasteiger partial charge is 0.273 e. The molecule has 1 fully saturated rings. The quantitative estimate of drug-likeness (QED) is 0.547. The van der Waals surface area contributed by atoms with E-state index in [0.29, 0.717) is 16.0 Å². The Kier molecular flexibility index (Phi) is 6.46. The molecule has 1 saturated heterocycles. The van der Waals surface area contributed by atoms with Crippen LogP contribution in [-0.4, -0.2) is 36.1 Å². The highest BCUT2D eigenvalue weighted by Crippen LogP contribution is 2.45. The van der Waals surface area contributed by atoms with Crippen LogP contribution in [0.2, 0.25) is 0 Å². The summed E-state index contributed by atoms with van der Waals surface area (Å²) in [6.45, 7) is -0.174. The van der Waals surface area contributed by atoms with Crippen LogP contribution < -0.4 is 14.8 Å². The van der Waals surface area contributed by atoms with Crippen LogP contribution in [0.3, 0.4) is 0 Å². The first-order valence-corrected chi connectivity index (χ1v) is 10.2. The number of hydrogen-bond donors (Lipinski definition) is 1. The minimum atomic E-state index is -0.524. The molecule has 0 bridgehead atoms. The van der Waals surface area contributed by atoms with Crippen molar-refractivity contribution in [2.45, 2.75) is 4.58 Å². The largest absolute Gasteiger partial charge is 0.494 e. The molecule has 3 rings (SSSR count). The van der Waals surface area contributed by atoms with Gasteiger partial charge < -0.3 is 14.8 Å². The maximum atomic E-state index is 12.1. The van der Waals surface area contributed by atoms with Gasteiger partial charge in [0.25, 0.3) is 11.6 Å². The molecule has 1 heterocycles. The Labute approximate surface area is 165 Å². The zero-order valence-electron chi connectivity index (χ0n) is 14.5. The average molecular weight is 406 g/mol. The van der Waals surface area contributed by atoms with Gasteiger partial charge in [-0.3, -0.25) is 14.9 Å². The Balaban J connectivity index is 1.55. The van der Waals surface area contributed by atoms with E-state index in [9.17, 15) is 14.9 Å². The molecule has 0 unspecified atom stereocenters. The summed E-state index contributed by atoms with van der Waals surface area (Å²) in [6, 6.07) is 11.7. The van der Waals surface area contributed by atoms with Crippen molar-refractivity contribution in [3.05, 3.63) is 58.1 Å². The van der Waals surface area contributed by atoms with Gasteiger partial charge in [-0.25, -0.2) is 0 Å². The number of thioether (sulfide) groups is 2. The molecule has 9 heteroatoms. The molecular weight excluding hydrogens is 388 g/mol. The van der Waals surface area contributed by atoms with E-state index in [2.05, 4.69) is 5.32 Å². The number of carbonyl (C=O) groups excluding carboxylic acids is 1. The van der Waals surface area contributed by atoms with Gasteiger partial charge in [0, 0.05) is 17.6 Å². The van der Waals surface area contributed by atoms with E-state index in [1.165, 1.54) is 42.4 Å². The first-order valence-electron chi connectivity index (χ1n) is 8.15. The molecule has 2 aromatic rings. The normalized spacial score (nSPS) is 14.0. The third kappa shape index (κ3) is 5.08. The number of carbonyl (C=O) groups is 1. The van der Waals surface area contributed by atoms with Gasteiger partial charge in [0.1, 0.15) is 11.5 Å². The summed E-state index contributed by atoms with van der Waals surface area (Å²) in [5.74, 6) is 2.78.